The minimum atomic E-state index is 0. The van der Waals surface area contributed by atoms with Crippen molar-refractivity contribution in [1.29, 1.82) is 0 Å². The Kier molecular flexibility index (Phi) is 960. The molecule has 0 aliphatic rings. The number of hydrogen-bond donors (Lipinski definition) is 0. The van der Waals surface area contributed by atoms with Crippen LogP contribution in [0.3, 0.4) is 0 Å². The third-order valence-electron chi connectivity index (χ3n) is 0. The summed E-state index contributed by atoms with van der Waals surface area (Å²) in [6.45, 7) is 0. The molecule has 0 unspecified atom stereocenters. The average Bonchev–Trinajstić information content (AvgIpc) is 0. The summed E-state index contributed by atoms with van der Waals surface area (Å²) in [4.78, 5) is 0. The fourth-order valence-corrected chi connectivity index (χ4v) is 0. The van der Waals surface area contributed by atoms with Gasteiger partial charge in [-0.1, -0.05) is 0 Å². The van der Waals surface area contributed by atoms with Gasteiger partial charge in [0.05, 0.1) is 0 Å². The molecule has 0 aromatic heterocycles. The Bertz CT molecular complexity index is 13.6. The van der Waals surface area contributed by atoms with Gasteiger partial charge in [0, 0.05) is 0 Å². The van der Waals surface area contributed by atoms with E-state index in [1.807, 2.05) is 0 Å². The van der Waals surface area contributed by atoms with Crippen LogP contribution in [0.5, 0.6) is 0 Å². The smallest absolute Gasteiger partial charge is 0.870 e. The van der Waals surface area contributed by atoms with E-state index in [2.05, 4.69) is 0 Å². The molecule has 5 N–H and O–H groups in total. The van der Waals surface area contributed by atoms with Gasteiger partial charge in [-0.15, -0.1) is 0 Å². The van der Waals surface area contributed by atoms with Gasteiger partial charge in [-0.3, -0.25) is 0 Å². The van der Waals surface area contributed by atoms with Crippen LogP contribution in [0, 0.1) is 0 Å². The van der Waals surface area contributed by atoms with Crippen LogP contribution in [0.4, 0.5) is 0 Å². The molecule has 0 aromatic carbocycles. The molecular formula is H5KNa4O5. The van der Waals surface area contributed by atoms with Gasteiger partial charge in [-0.2, -0.15) is 0 Å². The van der Waals surface area contributed by atoms with Crippen molar-refractivity contribution in [2.75, 3.05) is 0 Å². The zero-order valence-electron chi connectivity index (χ0n) is 7.24. The van der Waals surface area contributed by atoms with Crippen molar-refractivity contribution in [2.45, 2.75) is 0 Å². The Labute approximate surface area is 191 Å². The first-order valence-electron chi connectivity index (χ1n) is 0. The molecule has 0 bridgehead atoms. The summed E-state index contributed by atoms with van der Waals surface area (Å²) in [5, 5.41) is 0. The Morgan fingerprint density at radius 3 is 0.300 bits per heavy atom. The molecule has 10 heavy (non-hydrogen) atoms. The second-order valence-corrected chi connectivity index (χ2v) is 0. The van der Waals surface area contributed by atoms with Crippen molar-refractivity contribution in [3.8, 4) is 0 Å². The normalized spacial score (nSPS) is 0. The van der Waals surface area contributed by atoms with Crippen molar-refractivity contribution in [1.82, 2.24) is 0 Å². The topological polar surface area (TPSA) is 150 Å². The minimum absolute atomic E-state index is 0. The summed E-state index contributed by atoms with van der Waals surface area (Å²) in [7, 11) is 0. The molecule has 0 saturated heterocycles. The van der Waals surface area contributed by atoms with E-state index in [-0.39, 0.29) is 197 Å². The molecule has 0 radical (unpaired) electrons. The molecule has 0 amide bonds. The van der Waals surface area contributed by atoms with E-state index in [9.17, 15) is 0 Å². The minimum Gasteiger partial charge on any atom is -0.870 e. The van der Waals surface area contributed by atoms with E-state index in [1.54, 1.807) is 0 Å². The summed E-state index contributed by atoms with van der Waals surface area (Å²) in [6, 6.07) is 0. The van der Waals surface area contributed by atoms with Crippen LogP contribution in [0.1, 0.15) is 0 Å². The molecule has 0 fully saturated rings. The Morgan fingerprint density at radius 1 is 0.300 bits per heavy atom. The first-order chi connectivity index (χ1) is 0. The van der Waals surface area contributed by atoms with Crippen molar-refractivity contribution in [3.63, 3.8) is 0 Å². The molecule has 0 heterocycles. The van der Waals surface area contributed by atoms with Crippen LogP contribution in [0.2, 0.25) is 0 Å². The van der Waals surface area contributed by atoms with Gasteiger partial charge in [-0.05, 0) is 0 Å². The molecule has 40 valence electrons. The Balaban J connectivity index is 0. The molecular weight excluding hydrogens is 211 g/mol. The maximum atomic E-state index is 0. The standard InChI is InChI=1S/K.4Na.5H2O/h;;;;;5*1H2/q5*+1;;;;;/p-5. The summed E-state index contributed by atoms with van der Waals surface area (Å²) < 4.78 is 0. The SMILES string of the molecule is [K+].[Na+].[Na+].[Na+].[Na+].[OH-].[OH-].[OH-].[OH-].[OH-]. The van der Waals surface area contributed by atoms with E-state index in [4.69, 9.17) is 0 Å². The average molecular weight is 216 g/mol. The largest absolute Gasteiger partial charge is 1.00 e. The summed E-state index contributed by atoms with van der Waals surface area (Å²) in [6.07, 6.45) is 0. The predicted molar refractivity (Wildman–Crippen MR) is 9.68 cm³/mol. The van der Waals surface area contributed by atoms with E-state index in [0.717, 1.165) is 0 Å². The van der Waals surface area contributed by atoms with Crippen LogP contribution in [0.15, 0.2) is 0 Å². The number of hydrogen-bond acceptors (Lipinski definition) is 5. The van der Waals surface area contributed by atoms with Crippen LogP contribution in [-0.2, 0) is 0 Å². The summed E-state index contributed by atoms with van der Waals surface area (Å²) in [5.74, 6) is 0. The fraction of sp³-hybridized carbons (Fsp3) is 0. The fourth-order valence-electron chi connectivity index (χ4n) is 0. The third kappa shape index (κ3) is 70.3. The molecule has 0 aliphatic heterocycles. The van der Waals surface area contributed by atoms with Crippen LogP contribution >= 0.6 is 0 Å². The molecule has 5 nitrogen and oxygen atoms in total. The van der Waals surface area contributed by atoms with Crippen molar-refractivity contribution in [3.05, 3.63) is 0 Å². The number of rotatable bonds is 0. The van der Waals surface area contributed by atoms with Crippen LogP contribution in [0.25, 0.3) is 0 Å². The molecule has 0 spiro atoms. The van der Waals surface area contributed by atoms with E-state index >= 15 is 0 Å². The zero-order chi connectivity index (χ0) is 0. The van der Waals surface area contributed by atoms with Gasteiger partial charge >= 0.3 is 170 Å². The molecule has 0 atom stereocenters. The van der Waals surface area contributed by atoms with Crippen molar-refractivity contribution >= 4 is 0 Å². The predicted octanol–water partition coefficient (Wildman–Crippen LogP) is -15.9. The summed E-state index contributed by atoms with van der Waals surface area (Å²) >= 11 is 0. The molecule has 0 saturated carbocycles. The van der Waals surface area contributed by atoms with Crippen LogP contribution in [-0.4, -0.2) is 27.4 Å². The maximum Gasteiger partial charge on any atom is 1.00 e. The Morgan fingerprint density at radius 2 is 0.300 bits per heavy atom. The van der Waals surface area contributed by atoms with E-state index in [0.29, 0.717) is 0 Å². The first kappa shape index (κ1) is 109. The second-order valence-electron chi connectivity index (χ2n) is 0. The molecule has 0 aliphatic carbocycles. The van der Waals surface area contributed by atoms with Gasteiger partial charge < -0.3 is 27.4 Å². The van der Waals surface area contributed by atoms with Gasteiger partial charge in [-0.25, -0.2) is 0 Å². The Hall–Kier alpha value is 5.44. The van der Waals surface area contributed by atoms with Crippen LogP contribution < -0.4 is 170 Å². The summed E-state index contributed by atoms with van der Waals surface area (Å²) in [5.41, 5.74) is 0. The van der Waals surface area contributed by atoms with Gasteiger partial charge in [0.25, 0.3) is 0 Å². The van der Waals surface area contributed by atoms with Gasteiger partial charge in [0.1, 0.15) is 0 Å². The quantitative estimate of drug-likeness (QED) is 0.368. The molecule has 10 heteroatoms. The molecule has 0 aromatic rings. The van der Waals surface area contributed by atoms with Gasteiger partial charge in [0.2, 0.25) is 0 Å². The maximum absolute atomic E-state index is 0. The zero-order valence-corrected chi connectivity index (χ0v) is 18.4. The van der Waals surface area contributed by atoms with Crippen molar-refractivity contribution in [2.24, 2.45) is 0 Å². The van der Waals surface area contributed by atoms with Gasteiger partial charge in [0.15, 0.2) is 0 Å². The second kappa shape index (κ2) is 88.2. The van der Waals surface area contributed by atoms with E-state index < -0.39 is 0 Å². The van der Waals surface area contributed by atoms with E-state index in [1.165, 1.54) is 0 Å². The third-order valence-corrected chi connectivity index (χ3v) is 0. The monoisotopic (exact) mass is 216 g/mol. The van der Waals surface area contributed by atoms with Crippen molar-refractivity contribution < 1.29 is 197 Å². The molecule has 0 rings (SSSR count). The first-order valence-corrected chi connectivity index (χ1v) is 0.